The molecule has 1 spiro atoms. The Morgan fingerprint density at radius 2 is 1.20 bits per heavy atom. The first-order valence-electron chi connectivity index (χ1n) is 22.5. The molecule has 2 aliphatic heterocycles. The molecular weight excluding hydrogens is 990 g/mol. The first-order chi connectivity index (χ1) is 29.6. The van der Waals surface area contributed by atoms with Crippen molar-refractivity contribution in [3.63, 3.8) is 0 Å². The van der Waals surface area contributed by atoms with Crippen LogP contribution in [0, 0.1) is 30.7 Å². The Morgan fingerprint density at radius 1 is 0.631 bits per heavy atom. The van der Waals surface area contributed by atoms with Crippen LogP contribution >= 0.6 is 0 Å². The second-order valence-electron chi connectivity index (χ2n) is 23.3. The second kappa shape index (κ2) is 15.1. The van der Waals surface area contributed by atoms with E-state index in [9.17, 15) is 0 Å². The largest absolute Gasteiger partial charge is 0.504 e. The van der Waals surface area contributed by atoms with Gasteiger partial charge in [-0.15, -0.1) is 17.7 Å². The van der Waals surface area contributed by atoms with E-state index in [-0.39, 0.29) is 65.2 Å². The Hall–Kier alpha value is -4.87. The second-order valence-corrected chi connectivity index (χ2v) is 23.3. The van der Waals surface area contributed by atoms with Crippen LogP contribution in [0.4, 0.5) is 25.8 Å². The summed E-state index contributed by atoms with van der Waals surface area (Å²) in [5, 5.41) is 0. The molecule has 4 heterocycles. The van der Waals surface area contributed by atoms with Crippen molar-refractivity contribution < 1.29 is 34.6 Å². The fourth-order valence-corrected chi connectivity index (χ4v) is 10.0. The molecule has 0 saturated heterocycles. The van der Waals surface area contributed by atoms with Crippen LogP contribution in [0.5, 0.6) is 11.5 Å². The fourth-order valence-electron chi connectivity index (χ4n) is 10.0. The number of hydrogen-bond donors (Lipinski definition) is 0. The zero-order valence-corrected chi connectivity index (χ0v) is 43.0. The van der Waals surface area contributed by atoms with E-state index in [0.717, 1.165) is 28.2 Å². The number of nitrogens with zero attached hydrogens (tertiary/aromatic N) is 4. The van der Waals surface area contributed by atoms with Crippen LogP contribution in [0.2, 0.25) is 0 Å². The Labute approximate surface area is 400 Å². The summed E-state index contributed by atoms with van der Waals surface area (Å²) in [7, 11) is 2.07. The molecule has 0 amide bonds. The molecule has 5 nitrogen and oxygen atoms in total. The van der Waals surface area contributed by atoms with Crippen molar-refractivity contribution >= 4 is 17.1 Å². The Balaban J connectivity index is 0.00000576. The molecule has 4 aromatic carbocycles. The van der Waals surface area contributed by atoms with Gasteiger partial charge in [0.05, 0.1) is 5.75 Å². The molecule has 0 bridgehead atoms. The molecule has 0 radical (unpaired) electrons. The third-order valence-corrected chi connectivity index (χ3v) is 13.5. The number of anilines is 3. The van der Waals surface area contributed by atoms with Crippen molar-refractivity contribution in [2.45, 2.75) is 136 Å². The predicted molar refractivity (Wildman–Crippen MR) is 257 cm³/mol. The quantitative estimate of drug-likeness (QED) is 0.130. The van der Waals surface area contributed by atoms with E-state index in [2.05, 4.69) is 198 Å². The number of ether oxygens (including phenoxy) is 1. The molecular formula is C57H61F2N4OPt-3. The molecule has 0 atom stereocenters. The summed E-state index contributed by atoms with van der Waals surface area (Å²) in [5.41, 5.74) is 14.8. The van der Waals surface area contributed by atoms with Crippen LogP contribution in [0.15, 0.2) is 72.9 Å². The standard InChI is InChI=1S/C57H61F2N4O.Pt/c1-52(2,3)32-22-23-60-43(28-32)38-30-46(51(59)61-50(38)58)64-35-20-21-39-45(29-35)63-31-62(16)44-19-17-18-40(49(44)63)57(39)47-36(24-33(53(4,5)6)26-41(47)55(10,11)12)37-25-34(54(7,8)9)27-42(48(37)57)56(13,14)15;/h17-28,31H,1-16H3;/q-3;. The van der Waals surface area contributed by atoms with Crippen LogP contribution in [-0.2, 0) is 53.6 Å². The molecule has 65 heavy (non-hydrogen) atoms. The molecule has 1 aliphatic carbocycles. The van der Waals surface area contributed by atoms with E-state index in [4.69, 9.17) is 4.74 Å². The van der Waals surface area contributed by atoms with Crippen LogP contribution in [0.3, 0.4) is 0 Å². The van der Waals surface area contributed by atoms with Gasteiger partial charge in [0.1, 0.15) is 5.95 Å². The van der Waals surface area contributed by atoms with E-state index >= 15 is 8.78 Å². The van der Waals surface area contributed by atoms with Gasteiger partial charge in [0.25, 0.3) is 0 Å². The van der Waals surface area contributed by atoms with Gasteiger partial charge in [-0.25, -0.2) is 8.78 Å². The number of para-hydroxylation sites is 1. The van der Waals surface area contributed by atoms with Gasteiger partial charge < -0.3 is 19.5 Å². The van der Waals surface area contributed by atoms with E-state index in [0.29, 0.717) is 5.69 Å². The zero-order chi connectivity index (χ0) is 46.4. The van der Waals surface area contributed by atoms with E-state index < -0.39 is 17.3 Å². The van der Waals surface area contributed by atoms with Gasteiger partial charge in [-0.2, -0.15) is 12.7 Å². The normalized spacial score (nSPS) is 15.1. The van der Waals surface area contributed by atoms with Crippen molar-refractivity contribution in [2.24, 2.45) is 0 Å². The SMILES string of the molecule is CN1[CH-]N2c3[c-]c(Oc4[c-]c(-c5cc(C(C)(C)C)ccn5)c(F)nc4F)ccc3C3(c4cccc1c42)c1c(cc(C(C)(C)C)cc1C(C)(C)C)-c1cc(C(C)(C)C)cc(C(C)(C)C)c13.[Pt]. The fraction of sp³-hybridized carbons (Fsp3) is 0.386. The summed E-state index contributed by atoms with van der Waals surface area (Å²) in [4.78, 5) is 12.4. The topological polar surface area (TPSA) is 41.5 Å². The van der Waals surface area contributed by atoms with Crippen LogP contribution < -0.4 is 14.5 Å². The smallest absolute Gasteiger partial charge is 0.170 e. The summed E-state index contributed by atoms with van der Waals surface area (Å²) in [6.45, 7) is 36.1. The molecule has 0 fully saturated rings. The van der Waals surface area contributed by atoms with Gasteiger partial charge in [0.2, 0.25) is 0 Å². The minimum Gasteiger partial charge on any atom is -0.504 e. The Morgan fingerprint density at radius 3 is 1.74 bits per heavy atom. The van der Waals surface area contributed by atoms with Crippen LogP contribution in [0.25, 0.3) is 22.4 Å². The number of hydrogen-bond acceptors (Lipinski definition) is 5. The molecule has 2 aromatic heterocycles. The van der Waals surface area contributed by atoms with Crippen molar-refractivity contribution in [3.8, 4) is 33.9 Å². The summed E-state index contributed by atoms with van der Waals surface area (Å²) < 4.78 is 37.7. The van der Waals surface area contributed by atoms with Gasteiger partial charge in [0, 0.05) is 49.8 Å². The van der Waals surface area contributed by atoms with E-state index in [1.54, 1.807) is 12.3 Å². The molecule has 0 N–H and O–H groups in total. The first kappa shape index (κ1) is 46.7. The number of benzene rings is 4. The zero-order valence-electron chi connectivity index (χ0n) is 40.8. The molecule has 6 aromatic rings. The van der Waals surface area contributed by atoms with Crippen LogP contribution in [0.1, 0.15) is 154 Å². The molecule has 3 aliphatic rings. The van der Waals surface area contributed by atoms with Gasteiger partial charge in [0.15, 0.2) is 5.95 Å². The maximum absolute atomic E-state index is 15.8. The average molecular weight is 1050 g/mol. The van der Waals surface area contributed by atoms with Crippen molar-refractivity contribution in [3.05, 3.63) is 154 Å². The predicted octanol–water partition coefficient (Wildman–Crippen LogP) is 14.7. The van der Waals surface area contributed by atoms with E-state index in [1.807, 2.05) is 12.1 Å². The van der Waals surface area contributed by atoms with Crippen LogP contribution in [-0.4, -0.2) is 17.0 Å². The number of halogens is 2. The van der Waals surface area contributed by atoms with Crippen molar-refractivity contribution in [1.82, 2.24) is 9.97 Å². The number of pyridine rings is 2. The Bertz CT molecular complexity index is 2840. The van der Waals surface area contributed by atoms with E-state index in [1.165, 1.54) is 50.1 Å². The Kier molecular flexibility index (Phi) is 10.8. The summed E-state index contributed by atoms with van der Waals surface area (Å²) in [6, 6.07) is 30.8. The molecule has 0 unspecified atom stereocenters. The third kappa shape index (κ3) is 7.34. The van der Waals surface area contributed by atoms with Crippen molar-refractivity contribution in [2.75, 3.05) is 16.8 Å². The summed E-state index contributed by atoms with van der Waals surface area (Å²) >= 11 is 0. The van der Waals surface area contributed by atoms with Gasteiger partial charge >= 0.3 is 0 Å². The first-order valence-corrected chi connectivity index (χ1v) is 22.5. The van der Waals surface area contributed by atoms with Gasteiger partial charge in [-0.3, -0.25) is 4.98 Å². The van der Waals surface area contributed by atoms with Gasteiger partial charge in [-0.1, -0.05) is 164 Å². The third-order valence-electron chi connectivity index (χ3n) is 13.5. The molecule has 9 rings (SSSR count). The maximum Gasteiger partial charge on any atom is 0.170 e. The molecule has 342 valence electrons. The minimum absolute atomic E-state index is 0. The molecule has 0 saturated carbocycles. The molecule has 8 heteroatoms. The number of fused-ring (bicyclic) bond motifs is 9. The summed E-state index contributed by atoms with van der Waals surface area (Å²) in [5.74, 6) is -2.20. The van der Waals surface area contributed by atoms with Gasteiger partial charge in [-0.05, 0) is 108 Å². The number of aromatic nitrogens is 2. The monoisotopic (exact) mass is 1050 g/mol. The number of rotatable bonds is 3. The maximum atomic E-state index is 15.8. The minimum atomic E-state index is -1.11. The summed E-state index contributed by atoms with van der Waals surface area (Å²) in [6.07, 6.45) is 1.62. The average Bonchev–Trinajstić information content (AvgIpc) is 3.68. The van der Waals surface area contributed by atoms with Crippen molar-refractivity contribution in [1.29, 1.82) is 0 Å².